The van der Waals surface area contributed by atoms with Gasteiger partial charge in [0.2, 0.25) is 12.7 Å². The first-order chi connectivity index (χ1) is 9.81. The van der Waals surface area contributed by atoms with Gasteiger partial charge in [0.05, 0.1) is 13.0 Å². The Kier molecular flexibility index (Phi) is 1.92. The summed E-state index contributed by atoms with van der Waals surface area (Å²) in [5.74, 6) is 2.32. The number of carbonyl (C=O) groups excluding carboxylic acids is 1. The molecule has 3 heterocycles. The van der Waals surface area contributed by atoms with Crippen molar-refractivity contribution >= 4 is 5.91 Å². The number of fused-ring (bicyclic) bond motifs is 3. The molecule has 5 rings (SSSR count). The van der Waals surface area contributed by atoms with Gasteiger partial charge in [0.15, 0.2) is 11.5 Å². The fraction of sp³-hybridized carbons (Fsp3) is 0.438. The maximum absolute atomic E-state index is 12.2. The molecule has 1 amide bonds. The van der Waals surface area contributed by atoms with Crippen molar-refractivity contribution in [3.63, 3.8) is 0 Å². The van der Waals surface area contributed by atoms with E-state index in [1.165, 1.54) is 28.8 Å². The molecule has 1 aliphatic carbocycles. The highest BCUT2D eigenvalue weighted by atomic mass is 16.7. The number of allylic oxidation sites excluding steroid dienone is 1. The van der Waals surface area contributed by atoms with Gasteiger partial charge in [0.1, 0.15) is 0 Å². The molecular formula is C16H15NO3. The first-order valence-corrected chi connectivity index (χ1v) is 7.26. The van der Waals surface area contributed by atoms with Crippen LogP contribution >= 0.6 is 0 Å². The third-order valence-corrected chi connectivity index (χ3v) is 4.96. The summed E-state index contributed by atoms with van der Waals surface area (Å²) in [6.45, 7) is 1.000. The summed E-state index contributed by atoms with van der Waals surface area (Å²) >= 11 is 0. The van der Waals surface area contributed by atoms with Crippen LogP contribution in [-0.2, 0) is 11.3 Å². The van der Waals surface area contributed by atoms with Crippen LogP contribution in [0.2, 0.25) is 0 Å². The number of nitrogens with zero attached hydrogens (tertiary/aromatic N) is 1. The summed E-state index contributed by atoms with van der Waals surface area (Å²) in [5, 5.41) is 0. The van der Waals surface area contributed by atoms with E-state index in [2.05, 4.69) is 12.1 Å². The minimum Gasteiger partial charge on any atom is -0.454 e. The van der Waals surface area contributed by atoms with Crippen molar-refractivity contribution in [2.75, 3.05) is 6.79 Å². The van der Waals surface area contributed by atoms with Crippen molar-refractivity contribution in [2.24, 2.45) is 0 Å². The van der Waals surface area contributed by atoms with Gasteiger partial charge in [0.25, 0.3) is 0 Å². The van der Waals surface area contributed by atoms with Crippen LogP contribution in [0.1, 0.15) is 42.7 Å². The van der Waals surface area contributed by atoms with Gasteiger partial charge in [-0.2, -0.15) is 0 Å². The Morgan fingerprint density at radius 2 is 2.05 bits per heavy atom. The Hall–Kier alpha value is -1.97. The highest BCUT2D eigenvalue weighted by molar-refractivity contribution is 5.85. The van der Waals surface area contributed by atoms with Crippen LogP contribution in [-0.4, -0.2) is 17.6 Å². The van der Waals surface area contributed by atoms with E-state index in [0.717, 1.165) is 24.3 Å². The lowest BCUT2D eigenvalue weighted by atomic mass is 9.78. The van der Waals surface area contributed by atoms with Gasteiger partial charge >= 0.3 is 0 Å². The maximum atomic E-state index is 12.2. The Bertz CT molecular complexity index is 677. The minimum atomic E-state index is 0.269. The summed E-state index contributed by atoms with van der Waals surface area (Å²) < 4.78 is 11.0. The summed E-state index contributed by atoms with van der Waals surface area (Å²) in [6.07, 6.45) is 4.04. The van der Waals surface area contributed by atoms with E-state index in [9.17, 15) is 4.79 Å². The average Bonchev–Trinajstić information content (AvgIpc) is 3.03. The van der Waals surface area contributed by atoms with Crippen LogP contribution in [0.3, 0.4) is 0 Å². The average molecular weight is 269 g/mol. The molecule has 3 aliphatic heterocycles. The number of hydrogen-bond acceptors (Lipinski definition) is 3. The fourth-order valence-electron chi connectivity index (χ4n) is 4.11. The standard InChI is InChI=1S/C16H15NO3/c18-15-5-9-2-1-3-11-12-6-14-13(19-8-20-14)4-10(12)7-17(15)16(9)11/h4,6,11H,1-3,5,7-8H2/t11-/m0/s1. The van der Waals surface area contributed by atoms with Gasteiger partial charge in [-0.3, -0.25) is 4.79 Å². The molecule has 1 atom stereocenters. The van der Waals surface area contributed by atoms with Gasteiger partial charge in [-0.05, 0) is 48.1 Å². The van der Waals surface area contributed by atoms with Crippen LogP contribution in [0.25, 0.3) is 0 Å². The zero-order valence-corrected chi connectivity index (χ0v) is 11.1. The van der Waals surface area contributed by atoms with E-state index in [0.29, 0.717) is 25.7 Å². The lowest BCUT2D eigenvalue weighted by molar-refractivity contribution is -0.128. The molecule has 0 fully saturated rings. The number of rotatable bonds is 0. The summed E-state index contributed by atoms with van der Waals surface area (Å²) in [6, 6.07) is 4.20. The largest absolute Gasteiger partial charge is 0.454 e. The predicted molar refractivity (Wildman–Crippen MR) is 71.4 cm³/mol. The second-order valence-corrected chi connectivity index (χ2v) is 5.99. The van der Waals surface area contributed by atoms with Crippen molar-refractivity contribution in [1.29, 1.82) is 0 Å². The zero-order chi connectivity index (χ0) is 13.3. The first-order valence-electron chi connectivity index (χ1n) is 7.26. The molecule has 0 radical (unpaired) electrons. The fourth-order valence-corrected chi connectivity index (χ4v) is 4.11. The van der Waals surface area contributed by atoms with Gasteiger partial charge in [-0.25, -0.2) is 0 Å². The van der Waals surface area contributed by atoms with Crippen molar-refractivity contribution < 1.29 is 14.3 Å². The van der Waals surface area contributed by atoms with Gasteiger partial charge in [0, 0.05) is 11.6 Å². The molecule has 102 valence electrons. The van der Waals surface area contributed by atoms with Crippen molar-refractivity contribution in [2.45, 2.75) is 38.1 Å². The number of hydrogen-bond donors (Lipinski definition) is 0. The van der Waals surface area contributed by atoms with Gasteiger partial charge in [-0.1, -0.05) is 0 Å². The van der Waals surface area contributed by atoms with E-state index >= 15 is 0 Å². The van der Waals surface area contributed by atoms with Gasteiger partial charge in [-0.15, -0.1) is 0 Å². The Balaban J connectivity index is 1.72. The first kappa shape index (κ1) is 10.8. The molecular weight excluding hydrogens is 254 g/mol. The zero-order valence-electron chi connectivity index (χ0n) is 11.1. The lowest BCUT2D eigenvalue weighted by Gasteiger charge is -2.37. The molecule has 4 heteroatoms. The monoisotopic (exact) mass is 269 g/mol. The molecule has 0 saturated heterocycles. The Labute approximate surface area is 117 Å². The smallest absolute Gasteiger partial charge is 0.231 e. The Morgan fingerprint density at radius 3 is 2.95 bits per heavy atom. The number of ether oxygens (including phenoxy) is 2. The summed E-state index contributed by atoms with van der Waals surface area (Å²) in [7, 11) is 0. The predicted octanol–water partition coefficient (Wildman–Crippen LogP) is 2.68. The van der Waals surface area contributed by atoms with Crippen molar-refractivity contribution in [3.8, 4) is 11.5 Å². The molecule has 0 saturated carbocycles. The quantitative estimate of drug-likeness (QED) is 0.727. The lowest BCUT2D eigenvalue weighted by Crippen LogP contribution is -2.33. The van der Waals surface area contributed by atoms with Crippen LogP contribution in [0.5, 0.6) is 11.5 Å². The van der Waals surface area contributed by atoms with E-state index in [1.54, 1.807) is 0 Å². The maximum Gasteiger partial charge on any atom is 0.231 e. The van der Waals surface area contributed by atoms with Crippen molar-refractivity contribution in [3.05, 3.63) is 34.5 Å². The van der Waals surface area contributed by atoms with Gasteiger partial charge < -0.3 is 14.4 Å². The molecule has 0 unspecified atom stereocenters. The molecule has 0 N–H and O–H groups in total. The third kappa shape index (κ3) is 1.24. The summed E-state index contributed by atoms with van der Waals surface area (Å²) in [5.41, 5.74) is 5.23. The number of amides is 1. The highest BCUT2D eigenvalue weighted by Gasteiger charge is 2.42. The van der Waals surface area contributed by atoms with E-state index < -0.39 is 0 Å². The topological polar surface area (TPSA) is 38.8 Å². The SMILES string of the molecule is O=C1CC2=C3[C@@H](CCC2)c2cc4c(cc2CN13)OCO4. The highest BCUT2D eigenvalue weighted by Crippen LogP contribution is 2.51. The van der Waals surface area contributed by atoms with Crippen molar-refractivity contribution in [1.82, 2.24) is 4.90 Å². The Morgan fingerprint density at radius 1 is 1.20 bits per heavy atom. The van der Waals surface area contributed by atoms with E-state index in [-0.39, 0.29) is 5.91 Å². The minimum absolute atomic E-state index is 0.269. The molecule has 0 aromatic heterocycles. The molecule has 4 aliphatic rings. The number of carbonyl (C=O) groups is 1. The summed E-state index contributed by atoms with van der Waals surface area (Å²) in [4.78, 5) is 14.2. The van der Waals surface area contributed by atoms with E-state index in [4.69, 9.17) is 9.47 Å². The number of benzene rings is 1. The molecule has 20 heavy (non-hydrogen) atoms. The second kappa shape index (κ2) is 3.57. The van der Waals surface area contributed by atoms with Crippen LogP contribution < -0.4 is 9.47 Å². The molecule has 4 nitrogen and oxygen atoms in total. The second-order valence-electron chi connectivity index (χ2n) is 5.99. The van der Waals surface area contributed by atoms with Crippen LogP contribution in [0.15, 0.2) is 23.4 Å². The molecule has 0 bridgehead atoms. The third-order valence-electron chi connectivity index (χ3n) is 4.96. The molecule has 1 aromatic carbocycles. The molecule has 1 aromatic rings. The molecule has 0 spiro atoms. The van der Waals surface area contributed by atoms with E-state index in [1.807, 2.05) is 4.90 Å². The van der Waals surface area contributed by atoms with Crippen LogP contribution in [0, 0.1) is 0 Å². The normalized spacial score (nSPS) is 25.9. The van der Waals surface area contributed by atoms with Crippen LogP contribution in [0.4, 0.5) is 0 Å².